The van der Waals surface area contributed by atoms with Crippen LogP contribution in [0.4, 0.5) is 0 Å². The van der Waals surface area contributed by atoms with Crippen molar-refractivity contribution in [2.24, 2.45) is 0 Å². The van der Waals surface area contributed by atoms with Gasteiger partial charge in [0, 0.05) is 29.3 Å². The van der Waals surface area contributed by atoms with Gasteiger partial charge in [-0.05, 0) is 18.6 Å². The highest BCUT2D eigenvalue weighted by Gasteiger charge is 2.44. The molecule has 20 heavy (non-hydrogen) atoms. The number of ether oxygens (including phenoxy) is 2. The summed E-state index contributed by atoms with van der Waals surface area (Å²) in [7, 11) is 0. The Balaban J connectivity index is 1.85. The summed E-state index contributed by atoms with van der Waals surface area (Å²) < 4.78 is 13.1. The first-order valence-corrected chi connectivity index (χ1v) is 8.19. The summed E-state index contributed by atoms with van der Waals surface area (Å²) in [4.78, 5) is 0. The Hall–Kier alpha value is -0.580. The number of fused-ring (bicyclic) bond motifs is 1. The van der Waals surface area contributed by atoms with Gasteiger partial charge in [0.05, 0.1) is 18.8 Å². The summed E-state index contributed by atoms with van der Waals surface area (Å²) in [5, 5.41) is 10.4. The average molecular weight is 341 g/mol. The molecule has 2 aliphatic rings. The van der Waals surface area contributed by atoms with Crippen LogP contribution in [0.5, 0.6) is 5.75 Å². The standard InChI is InChI=1S/C16H21BrO3/c1-2-3-12-9-16(6-7-19-12)10-14(18)13-5-4-11(17)8-15(13)20-16/h4-5,8,12,14,18H,2-3,6-7,9-10H2,1H3/t12?,14-,16?/m0/s1. The molecule has 1 spiro atoms. The molecule has 1 saturated heterocycles. The molecule has 3 rings (SSSR count). The quantitative estimate of drug-likeness (QED) is 0.884. The molecule has 2 unspecified atom stereocenters. The predicted molar refractivity (Wildman–Crippen MR) is 81.0 cm³/mol. The zero-order valence-corrected chi connectivity index (χ0v) is 13.4. The van der Waals surface area contributed by atoms with Crippen LogP contribution in [-0.4, -0.2) is 23.4 Å². The molecule has 0 amide bonds. The van der Waals surface area contributed by atoms with Crippen molar-refractivity contribution in [3.63, 3.8) is 0 Å². The van der Waals surface area contributed by atoms with Crippen molar-refractivity contribution >= 4 is 15.9 Å². The highest BCUT2D eigenvalue weighted by Crippen LogP contribution is 2.46. The van der Waals surface area contributed by atoms with Crippen LogP contribution in [0.15, 0.2) is 22.7 Å². The number of halogens is 1. The summed E-state index contributed by atoms with van der Waals surface area (Å²) in [6.45, 7) is 2.90. The van der Waals surface area contributed by atoms with E-state index in [1.54, 1.807) is 0 Å². The smallest absolute Gasteiger partial charge is 0.127 e. The minimum atomic E-state index is -0.438. The van der Waals surface area contributed by atoms with Gasteiger partial charge in [0.2, 0.25) is 0 Å². The first-order chi connectivity index (χ1) is 9.62. The fourth-order valence-corrected chi connectivity index (χ4v) is 3.72. The fourth-order valence-electron chi connectivity index (χ4n) is 3.38. The molecule has 1 N–H and O–H groups in total. The molecule has 0 aromatic heterocycles. The molecule has 1 fully saturated rings. The van der Waals surface area contributed by atoms with E-state index in [1.807, 2.05) is 18.2 Å². The summed E-state index contributed by atoms with van der Waals surface area (Å²) in [5.74, 6) is 0.815. The Morgan fingerprint density at radius 2 is 2.25 bits per heavy atom. The van der Waals surface area contributed by atoms with Crippen LogP contribution in [0, 0.1) is 0 Å². The molecule has 0 radical (unpaired) electrons. The molecule has 0 saturated carbocycles. The predicted octanol–water partition coefficient (Wildman–Crippen LogP) is 3.98. The van der Waals surface area contributed by atoms with Crippen molar-refractivity contribution in [2.45, 2.75) is 56.8 Å². The van der Waals surface area contributed by atoms with E-state index in [2.05, 4.69) is 22.9 Å². The third-order valence-corrected chi connectivity index (χ3v) is 4.84. The first kappa shape index (κ1) is 14.4. The second-order valence-corrected chi connectivity index (χ2v) is 6.84. The molecule has 0 aliphatic carbocycles. The van der Waals surface area contributed by atoms with Gasteiger partial charge in [0.1, 0.15) is 11.4 Å². The topological polar surface area (TPSA) is 38.7 Å². The van der Waals surface area contributed by atoms with Gasteiger partial charge < -0.3 is 14.6 Å². The van der Waals surface area contributed by atoms with E-state index in [9.17, 15) is 5.11 Å². The van der Waals surface area contributed by atoms with E-state index in [0.29, 0.717) is 6.42 Å². The van der Waals surface area contributed by atoms with E-state index >= 15 is 0 Å². The van der Waals surface area contributed by atoms with E-state index in [-0.39, 0.29) is 11.7 Å². The van der Waals surface area contributed by atoms with Crippen LogP contribution in [0.1, 0.15) is 50.7 Å². The minimum absolute atomic E-state index is 0.259. The van der Waals surface area contributed by atoms with Crippen LogP contribution >= 0.6 is 15.9 Å². The van der Waals surface area contributed by atoms with Crippen molar-refractivity contribution in [3.8, 4) is 5.75 Å². The van der Waals surface area contributed by atoms with Gasteiger partial charge in [-0.15, -0.1) is 0 Å². The van der Waals surface area contributed by atoms with Crippen molar-refractivity contribution < 1.29 is 14.6 Å². The van der Waals surface area contributed by atoms with Gasteiger partial charge in [-0.1, -0.05) is 35.3 Å². The first-order valence-electron chi connectivity index (χ1n) is 7.40. The molecule has 3 atom stereocenters. The van der Waals surface area contributed by atoms with Gasteiger partial charge in [-0.25, -0.2) is 0 Å². The maximum Gasteiger partial charge on any atom is 0.127 e. The van der Waals surface area contributed by atoms with Gasteiger partial charge >= 0.3 is 0 Å². The molecular formula is C16H21BrO3. The third kappa shape index (κ3) is 2.74. The van der Waals surface area contributed by atoms with E-state index in [1.165, 1.54) is 0 Å². The van der Waals surface area contributed by atoms with Crippen LogP contribution in [0.3, 0.4) is 0 Å². The van der Waals surface area contributed by atoms with Crippen LogP contribution in [0.2, 0.25) is 0 Å². The van der Waals surface area contributed by atoms with E-state index in [0.717, 1.165) is 48.1 Å². The minimum Gasteiger partial charge on any atom is -0.487 e. The lowest BCUT2D eigenvalue weighted by molar-refractivity contribution is -0.118. The molecule has 110 valence electrons. The maximum atomic E-state index is 10.4. The lowest BCUT2D eigenvalue weighted by Crippen LogP contribution is -2.48. The van der Waals surface area contributed by atoms with Gasteiger partial charge in [0.25, 0.3) is 0 Å². The van der Waals surface area contributed by atoms with Gasteiger partial charge in [0.15, 0.2) is 0 Å². The molecule has 0 bridgehead atoms. The normalized spacial score (nSPS) is 32.8. The van der Waals surface area contributed by atoms with Crippen molar-refractivity contribution in [1.82, 2.24) is 0 Å². The van der Waals surface area contributed by atoms with Gasteiger partial charge in [-0.2, -0.15) is 0 Å². The number of rotatable bonds is 2. The summed E-state index contributed by atoms with van der Waals surface area (Å²) in [6.07, 6.45) is 4.41. The largest absolute Gasteiger partial charge is 0.487 e. The zero-order chi connectivity index (χ0) is 14.2. The fraction of sp³-hybridized carbons (Fsp3) is 0.625. The Morgan fingerprint density at radius 3 is 3.05 bits per heavy atom. The number of hydrogen-bond acceptors (Lipinski definition) is 3. The second kappa shape index (κ2) is 5.66. The summed E-state index contributed by atoms with van der Waals surface area (Å²) >= 11 is 3.47. The Morgan fingerprint density at radius 1 is 1.40 bits per heavy atom. The van der Waals surface area contributed by atoms with Crippen LogP contribution < -0.4 is 4.74 Å². The molecule has 3 nitrogen and oxygen atoms in total. The van der Waals surface area contributed by atoms with E-state index < -0.39 is 6.10 Å². The molecule has 1 aromatic carbocycles. The molecule has 2 heterocycles. The van der Waals surface area contributed by atoms with Crippen molar-refractivity contribution in [2.75, 3.05) is 6.61 Å². The Bertz CT molecular complexity index is 489. The molecular weight excluding hydrogens is 320 g/mol. The van der Waals surface area contributed by atoms with Crippen molar-refractivity contribution in [3.05, 3.63) is 28.2 Å². The monoisotopic (exact) mass is 340 g/mol. The number of aliphatic hydroxyl groups is 1. The third-order valence-electron chi connectivity index (χ3n) is 4.35. The number of aliphatic hydroxyl groups excluding tert-OH is 1. The van der Waals surface area contributed by atoms with Crippen LogP contribution in [0.25, 0.3) is 0 Å². The average Bonchev–Trinajstić information content (AvgIpc) is 2.38. The maximum absolute atomic E-state index is 10.4. The summed E-state index contributed by atoms with van der Waals surface area (Å²) in [6, 6.07) is 5.86. The SMILES string of the molecule is CCCC1CC2(CCO1)C[C@H](O)c1ccc(Br)cc1O2. The van der Waals surface area contributed by atoms with E-state index in [4.69, 9.17) is 9.47 Å². The lowest BCUT2D eigenvalue weighted by Gasteiger charge is -2.45. The Kier molecular flexibility index (Phi) is 4.07. The van der Waals surface area contributed by atoms with Gasteiger partial charge in [-0.3, -0.25) is 0 Å². The number of hydrogen-bond donors (Lipinski definition) is 1. The highest BCUT2D eigenvalue weighted by molar-refractivity contribution is 9.10. The van der Waals surface area contributed by atoms with Crippen molar-refractivity contribution in [1.29, 1.82) is 0 Å². The number of benzene rings is 1. The van der Waals surface area contributed by atoms with Crippen LogP contribution in [-0.2, 0) is 4.74 Å². The Labute approximate surface area is 128 Å². The molecule has 1 aromatic rings. The summed E-state index contributed by atoms with van der Waals surface area (Å²) in [5.41, 5.74) is 0.642. The lowest BCUT2D eigenvalue weighted by atomic mass is 9.80. The highest BCUT2D eigenvalue weighted by atomic mass is 79.9. The zero-order valence-electron chi connectivity index (χ0n) is 11.8. The molecule has 2 aliphatic heterocycles. The molecule has 4 heteroatoms. The second-order valence-electron chi connectivity index (χ2n) is 5.92.